The van der Waals surface area contributed by atoms with Gasteiger partial charge in [-0.05, 0) is 30.8 Å². The van der Waals surface area contributed by atoms with Crippen LogP contribution < -0.4 is 0 Å². The highest BCUT2D eigenvalue weighted by molar-refractivity contribution is 7.62. The zero-order valence-electron chi connectivity index (χ0n) is 19.2. The van der Waals surface area contributed by atoms with Crippen molar-refractivity contribution < 1.29 is 4.43 Å². The molecule has 0 fully saturated rings. The standard InChI is InChI=1S/C23H37OSi4/c1-26(2,3)24-23(25(27(4,5)6)28(7,8)9)22(20-16-12-10-13-17-20)21-18-14-11-15-19-21/h10-19H,1-9H3. The average molecular weight is 442 g/mol. The molecule has 0 unspecified atom stereocenters. The van der Waals surface area contributed by atoms with E-state index >= 15 is 0 Å². The first-order chi connectivity index (χ1) is 12.8. The summed E-state index contributed by atoms with van der Waals surface area (Å²) in [5, 5.41) is 1.37. The molecule has 0 aliphatic carbocycles. The number of hydrogen-bond donors (Lipinski definition) is 0. The summed E-state index contributed by atoms with van der Waals surface area (Å²) in [4.78, 5) is 0. The predicted octanol–water partition coefficient (Wildman–Crippen LogP) is 7.16. The normalized spacial score (nSPS) is 12.8. The van der Waals surface area contributed by atoms with Crippen molar-refractivity contribution in [2.24, 2.45) is 0 Å². The van der Waals surface area contributed by atoms with Crippen molar-refractivity contribution in [2.45, 2.75) is 58.9 Å². The smallest absolute Gasteiger partial charge is 0.241 e. The van der Waals surface area contributed by atoms with Gasteiger partial charge in [-0.1, -0.05) is 99.9 Å². The molecule has 0 N–H and O–H groups in total. The lowest BCUT2D eigenvalue weighted by Gasteiger charge is -2.41. The zero-order valence-corrected chi connectivity index (χ0v) is 23.2. The maximum Gasteiger partial charge on any atom is 0.241 e. The Bertz CT molecular complexity index is 739. The molecule has 1 radical (unpaired) electrons. The van der Waals surface area contributed by atoms with Crippen LogP contribution in [0.15, 0.2) is 66.0 Å². The molecule has 0 spiro atoms. The number of hydrogen-bond acceptors (Lipinski definition) is 1. The van der Waals surface area contributed by atoms with Crippen LogP contribution in [-0.4, -0.2) is 31.3 Å². The molecule has 0 aliphatic rings. The van der Waals surface area contributed by atoms with Crippen LogP contribution >= 0.6 is 0 Å². The summed E-state index contributed by atoms with van der Waals surface area (Å²) in [5.74, 6) is 0. The van der Waals surface area contributed by atoms with Gasteiger partial charge in [-0.3, -0.25) is 0 Å². The van der Waals surface area contributed by atoms with E-state index < -0.39 is 31.3 Å². The third-order valence-electron chi connectivity index (χ3n) is 4.49. The third kappa shape index (κ3) is 6.17. The van der Waals surface area contributed by atoms with Crippen molar-refractivity contribution in [3.63, 3.8) is 0 Å². The van der Waals surface area contributed by atoms with E-state index in [9.17, 15) is 0 Å². The second-order valence-electron chi connectivity index (χ2n) is 10.5. The van der Waals surface area contributed by atoms with Crippen LogP contribution in [0, 0.1) is 0 Å². The highest BCUT2D eigenvalue weighted by atomic mass is 29.6. The van der Waals surface area contributed by atoms with Crippen LogP contribution in [0.2, 0.25) is 58.9 Å². The SMILES string of the molecule is C[Si](C)(C)OC(=C(c1ccccc1)c1ccccc1)[Si]([Si](C)(C)C)[Si](C)(C)C. The van der Waals surface area contributed by atoms with Gasteiger partial charge in [0.05, 0.1) is 5.38 Å². The Kier molecular flexibility index (Phi) is 7.18. The summed E-state index contributed by atoms with van der Waals surface area (Å²) < 4.78 is 7.06. The highest BCUT2D eigenvalue weighted by Gasteiger charge is 2.45. The summed E-state index contributed by atoms with van der Waals surface area (Å²) in [6.07, 6.45) is 0. The zero-order chi connectivity index (χ0) is 21.2. The molecule has 0 saturated heterocycles. The van der Waals surface area contributed by atoms with Gasteiger partial charge in [0.1, 0.15) is 7.83 Å². The monoisotopic (exact) mass is 441 g/mol. The van der Waals surface area contributed by atoms with Gasteiger partial charge in [-0.15, -0.1) is 0 Å². The summed E-state index contributed by atoms with van der Waals surface area (Å²) in [6, 6.07) is 21.8. The molecule has 5 heteroatoms. The summed E-state index contributed by atoms with van der Waals surface area (Å²) in [5.41, 5.74) is 3.93. The largest absolute Gasteiger partial charge is 0.551 e. The van der Waals surface area contributed by atoms with Gasteiger partial charge in [-0.25, -0.2) is 0 Å². The van der Waals surface area contributed by atoms with Gasteiger partial charge >= 0.3 is 0 Å². The van der Waals surface area contributed by atoms with Crippen LogP contribution in [0.4, 0.5) is 0 Å². The minimum atomic E-state index is -1.76. The van der Waals surface area contributed by atoms with Gasteiger partial charge < -0.3 is 4.43 Å². The second-order valence-corrected chi connectivity index (χ2v) is 38.7. The molecule has 0 aromatic heterocycles. The van der Waals surface area contributed by atoms with Gasteiger partial charge in [0.2, 0.25) is 8.32 Å². The molecule has 2 rings (SSSR count). The van der Waals surface area contributed by atoms with Crippen LogP contribution in [0.5, 0.6) is 0 Å². The summed E-state index contributed by atoms with van der Waals surface area (Å²) >= 11 is 0. The molecular formula is C23H37OSi4. The highest BCUT2D eigenvalue weighted by Crippen LogP contribution is 2.35. The van der Waals surface area contributed by atoms with Crippen LogP contribution in [0.1, 0.15) is 11.1 Å². The Morgan fingerprint density at radius 3 is 1.25 bits per heavy atom. The fraction of sp³-hybridized carbons (Fsp3) is 0.391. The predicted molar refractivity (Wildman–Crippen MR) is 136 cm³/mol. The van der Waals surface area contributed by atoms with Crippen LogP contribution in [0.3, 0.4) is 0 Å². The third-order valence-corrected chi connectivity index (χ3v) is 33.2. The summed E-state index contributed by atoms with van der Waals surface area (Å²) in [6.45, 7) is 22.3. The molecule has 0 saturated carbocycles. The van der Waals surface area contributed by atoms with E-state index in [0.29, 0.717) is 0 Å². The Labute approximate surface area is 177 Å². The van der Waals surface area contributed by atoms with E-state index in [1.807, 2.05) is 0 Å². The van der Waals surface area contributed by atoms with Crippen molar-refractivity contribution in [2.75, 3.05) is 0 Å². The fourth-order valence-electron chi connectivity index (χ4n) is 3.98. The molecule has 28 heavy (non-hydrogen) atoms. The van der Waals surface area contributed by atoms with Crippen molar-refractivity contribution >= 4 is 36.9 Å². The molecule has 1 nitrogen and oxygen atoms in total. The Morgan fingerprint density at radius 2 is 0.964 bits per heavy atom. The molecule has 0 bridgehead atoms. The second kappa shape index (κ2) is 8.69. The topological polar surface area (TPSA) is 9.23 Å². The molecule has 0 amide bonds. The van der Waals surface area contributed by atoms with E-state index in [2.05, 4.69) is 120 Å². The first-order valence-corrected chi connectivity index (χ1v) is 24.1. The first kappa shape index (κ1) is 23.1. The average Bonchev–Trinajstić information content (AvgIpc) is 2.53. The van der Waals surface area contributed by atoms with Crippen molar-refractivity contribution in [1.29, 1.82) is 0 Å². The van der Waals surface area contributed by atoms with Gasteiger partial charge in [0.25, 0.3) is 0 Å². The van der Waals surface area contributed by atoms with E-state index in [-0.39, 0.29) is 0 Å². The number of rotatable bonds is 7. The Morgan fingerprint density at radius 1 is 0.607 bits per heavy atom. The van der Waals surface area contributed by atoms with Crippen molar-refractivity contribution in [1.82, 2.24) is 0 Å². The Balaban J connectivity index is 2.92. The van der Waals surface area contributed by atoms with Crippen LogP contribution in [0.25, 0.3) is 5.57 Å². The molecule has 0 atom stereocenters. The van der Waals surface area contributed by atoms with Gasteiger partial charge in [0, 0.05) is 20.8 Å². The summed E-state index contributed by atoms with van der Waals surface area (Å²) in [7, 11) is -5.35. The van der Waals surface area contributed by atoms with Crippen LogP contribution in [-0.2, 0) is 4.43 Å². The first-order valence-electron chi connectivity index (χ1n) is 10.2. The van der Waals surface area contributed by atoms with E-state index in [1.165, 1.54) is 22.1 Å². The van der Waals surface area contributed by atoms with E-state index in [4.69, 9.17) is 4.43 Å². The molecule has 0 heterocycles. The van der Waals surface area contributed by atoms with Crippen molar-refractivity contribution in [3.05, 3.63) is 77.2 Å². The van der Waals surface area contributed by atoms with E-state index in [0.717, 1.165) is 0 Å². The molecule has 2 aromatic rings. The quantitative estimate of drug-likeness (QED) is 0.327. The minimum absolute atomic E-state index is 0.770. The Hall–Kier alpha value is -1.15. The minimum Gasteiger partial charge on any atom is -0.551 e. The lowest BCUT2D eigenvalue weighted by Crippen LogP contribution is -2.61. The van der Waals surface area contributed by atoms with Gasteiger partial charge in [0.15, 0.2) is 0 Å². The molecule has 151 valence electrons. The van der Waals surface area contributed by atoms with Gasteiger partial charge in [-0.2, -0.15) is 0 Å². The molecule has 2 aromatic carbocycles. The maximum absolute atomic E-state index is 7.06. The lowest BCUT2D eigenvalue weighted by molar-refractivity contribution is 0.460. The van der Waals surface area contributed by atoms with E-state index in [1.54, 1.807) is 0 Å². The maximum atomic E-state index is 7.06. The number of benzene rings is 2. The fourth-order valence-corrected chi connectivity index (χ4v) is 42.9. The van der Waals surface area contributed by atoms with Crippen molar-refractivity contribution in [3.8, 4) is 0 Å². The molecule has 0 aliphatic heterocycles. The lowest BCUT2D eigenvalue weighted by atomic mass is 9.99. The molecular weight excluding hydrogens is 405 g/mol.